The zero-order valence-corrected chi connectivity index (χ0v) is 10.2. The molecule has 0 bridgehead atoms. The summed E-state index contributed by atoms with van der Waals surface area (Å²) in [7, 11) is 0. The van der Waals surface area contributed by atoms with Gasteiger partial charge in [0.2, 0.25) is 0 Å². The van der Waals surface area contributed by atoms with E-state index < -0.39 is 12.0 Å². The van der Waals surface area contributed by atoms with Gasteiger partial charge in [0.25, 0.3) is 0 Å². The van der Waals surface area contributed by atoms with Gasteiger partial charge in [0.1, 0.15) is 6.04 Å². The highest BCUT2D eigenvalue weighted by atomic mass is 16.4. The van der Waals surface area contributed by atoms with E-state index in [1.807, 2.05) is 6.92 Å². The van der Waals surface area contributed by atoms with Crippen molar-refractivity contribution in [3.8, 4) is 0 Å². The maximum atomic E-state index is 11.9. The number of piperidine rings is 1. The number of carbonyl (C=O) groups is 2. The van der Waals surface area contributed by atoms with Crippen LogP contribution in [0.25, 0.3) is 0 Å². The van der Waals surface area contributed by atoms with Crippen LogP contribution in [-0.2, 0) is 4.79 Å². The monoisotopic (exact) mass is 240 g/mol. The number of urea groups is 1. The number of nitrogens with one attached hydrogen (secondary N) is 1. The Kier molecular flexibility index (Phi) is 5.00. The van der Waals surface area contributed by atoms with Crippen LogP contribution in [0.2, 0.25) is 0 Å². The Bertz CT molecular complexity index is 304. The lowest BCUT2D eigenvalue weighted by Crippen LogP contribution is -2.55. The highest BCUT2D eigenvalue weighted by molar-refractivity contribution is 5.83. The number of carboxylic acids is 1. The first-order valence-electron chi connectivity index (χ1n) is 5.96. The molecule has 2 N–H and O–H groups in total. The summed E-state index contributed by atoms with van der Waals surface area (Å²) in [6, 6.07) is -0.988. The summed E-state index contributed by atoms with van der Waals surface area (Å²) in [5, 5.41) is 11.9. The zero-order valence-electron chi connectivity index (χ0n) is 10.2. The Morgan fingerprint density at radius 2 is 2.29 bits per heavy atom. The maximum absolute atomic E-state index is 11.9. The van der Waals surface area contributed by atoms with Gasteiger partial charge in [-0.1, -0.05) is 13.0 Å². The molecule has 5 nitrogen and oxygen atoms in total. The van der Waals surface area contributed by atoms with E-state index >= 15 is 0 Å². The molecule has 0 aromatic carbocycles. The molecule has 2 atom stereocenters. The van der Waals surface area contributed by atoms with Gasteiger partial charge in [-0.05, 0) is 25.2 Å². The zero-order chi connectivity index (χ0) is 12.8. The maximum Gasteiger partial charge on any atom is 0.326 e. The average Bonchev–Trinajstić information content (AvgIpc) is 2.28. The molecule has 96 valence electrons. The van der Waals surface area contributed by atoms with Crippen LogP contribution in [0.5, 0.6) is 0 Å². The fraction of sp³-hybridized carbons (Fsp3) is 0.667. The van der Waals surface area contributed by atoms with E-state index in [1.165, 1.54) is 4.90 Å². The second-order valence-electron chi connectivity index (χ2n) is 4.41. The predicted octanol–water partition coefficient (Wildman–Crippen LogP) is 1.46. The average molecular weight is 240 g/mol. The smallest absolute Gasteiger partial charge is 0.326 e. The minimum Gasteiger partial charge on any atom is -0.480 e. The number of rotatable bonds is 4. The highest BCUT2D eigenvalue weighted by Crippen LogP contribution is 2.23. The molecular weight excluding hydrogens is 220 g/mol. The predicted molar refractivity (Wildman–Crippen MR) is 64.7 cm³/mol. The molecule has 0 saturated carbocycles. The van der Waals surface area contributed by atoms with Gasteiger partial charge in [-0.25, -0.2) is 9.59 Å². The lowest BCUT2D eigenvalue weighted by molar-refractivity contribution is -0.145. The number of carbonyl (C=O) groups excluding carboxylic acids is 1. The molecule has 0 aromatic heterocycles. The van der Waals surface area contributed by atoms with Gasteiger partial charge in [0.15, 0.2) is 0 Å². The van der Waals surface area contributed by atoms with Crippen LogP contribution < -0.4 is 5.32 Å². The van der Waals surface area contributed by atoms with Gasteiger partial charge >= 0.3 is 12.0 Å². The Balaban J connectivity index is 2.61. The molecule has 0 spiro atoms. The van der Waals surface area contributed by atoms with Gasteiger partial charge in [-0.15, -0.1) is 6.58 Å². The molecule has 17 heavy (non-hydrogen) atoms. The fourth-order valence-corrected chi connectivity index (χ4v) is 2.18. The lowest BCUT2D eigenvalue weighted by Gasteiger charge is -2.37. The van der Waals surface area contributed by atoms with Crippen molar-refractivity contribution in [3.05, 3.63) is 12.7 Å². The molecule has 1 aliphatic rings. The summed E-state index contributed by atoms with van der Waals surface area (Å²) in [4.78, 5) is 24.5. The normalized spacial score (nSPS) is 24.2. The van der Waals surface area contributed by atoms with E-state index in [1.54, 1.807) is 6.08 Å². The minimum atomic E-state index is -0.920. The number of likely N-dealkylation sites (tertiary alicyclic amines) is 1. The fourth-order valence-electron chi connectivity index (χ4n) is 2.18. The van der Waals surface area contributed by atoms with Crippen molar-refractivity contribution >= 4 is 12.0 Å². The van der Waals surface area contributed by atoms with E-state index in [0.717, 1.165) is 12.8 Å². The van der Waals surface area contributed by atoms with Gasteiger partial charge in [-0.3, -0.25) is 0 Å². The molecule has 0 radical (unpaired) electrons. The van der Waals surface area contributed by atoms with Crippen LogP contribution >= 0.6 is 0 Å². The van der Waals surface area contributed by atoms with Gasteiger partial charge in [0.05, 0.1) is 0 Å². The molecule has 1 fully saturated rings. The molecule has 1 heterocycles. The van der Waals surface area contributed by atoms with Crippen molar-refractivity contribution in [3.63, 3.8) is 0 Å². The molecule has 1 aliphatic heterocycles. The van der Waals surface area contributed by atoms with Crippen LogP contribution in [0.4, 0.5) is 4.79 Å². The first kappa shape index (κ1) is 13.5. The van der Waals surface area contributed by atoms with Crippen molar-refractivity contribution < 1.29 is 14.7 Å². The summed E-state index contributed by atoms with van der Waals surface area (Å²) in [5.74, 6) is -0.914. The van der Waals surface area contributed by atoms with Crippen molar-refractivity contribution in [1.82, 2.24) is 10.2 Å². The third-order valence-electron chi connectivity index (χ3n) is 3.07. The first-order chi connectivity index (χ1) is 8.07. The summed E-state index contributed by atoms with van der Waals surface area (Å²) in [5.41, 5.74) is 0. The topological polar surface area (TPSA) is 69.6 Å². The summed E-state index contributed by atoms with van der Waals surface area (Å²) in [6.45, 7) is 6.46. The Morgan fingerprint density at radius 3 is 2.88 bits per heavy atom. The first-order valence-corrected chi connectivity index (χ1v) is 5.96. The third kappa shape index (κ3) is 3.47. The molecule has 1 saturated heterocycles. The standard InChI is InChI=1S/C12H20N2O3/c1-3-4-7-13-12(17)14-8-5-6-9(2)10(14)11(15)16/h3,9-10H,1,4-8H2,2H3,(H,13,17)(H,15,16). The van der Waals surface area contributed by atoms with Crippen LogP contribution in [0.15, 0.2) is 12.7 Å². The number of aliphatic carboxylic acids is 1. The molecule has 0 aliphatic carbocycles. The van der Waals surface area contributed by atoms with E-state index in [9.17, 15) is 9.59 Å². The second-order valence-corrected chi connectivity index (χ2v) is 4.41. The number of hydrogen-bond acceptors (Lipinski definition) is 2. The molecule has 2 unspecified atom stereocenters. The van der Waals surface area contributed by atoms with E-state index in [2.05, 4.69) is 11.9 Å². The number of hydrogen-bond donors (Lipinski definition) is 2. The SMILES string of the molecule is C=CCCNC(=O)N1CCCC(C)C1C(=O)O. The largest absolute Gasteiger partial charge is 0.480 e. The van der Waals surface area contributed by atoms with E-state index in [4.69, 9.17) is 5.11 Å². The van der Waals surface area contributed by atoms with Crippen molar-refractivity contribution in [2.45, 2.75) is 32.2 Å². The highest BCUT2D eigenvalue weighted by Gasteiger charge is 2.36. The van der Waals surface area contributed by atoms with Crippen LogP contribution in [0.1, 0.15) is 26.2 Å². The van der Waals surface area contributed by atoms with Crippen LogP contribution in [-0.4, -0.2) is 41.1 Å². The van der Waals surface area contributed by atoms with E-state index in [-0.39, 0.29) is 11.9 Å². The third-order valence-corrected chi connectivity index (χ3v) is 3.07. The van der Waals surface area contributed by atoms with Crippen molar-refractivity contribution in [1.29, 1.82) is 0 Å². The van der Waals surface area contributed by atoms with Gasteiger partial charge in [-0.2, -0.15) is 0 Å². The van der Waals surface area contributed by atoms with Crippen LogP contribution in [0.3, 0.4) is 0 Å². The number of amides is 2. The van der Waals surface area contributed by atoms with Crippen LogP contribution in [0, 0.1) is 5.92 Å². The number of nitrogens with zero attached hydrogens (tertiary/aromatic N) is 1. The summed E-state index contributed by atoms with van der Waals surface area (Å²) >= 11 is 0. The van der Waals surface area contributed by atoms with Crippen molar-refractivity contribution in [2.75, 3.05) is 13.1 Å². The molecule has 5 heteroatoms. The van der Waals surface area contributed by atoms with Crippen molar-refractivity contribution in [2.24, 2.45) is 5.92 Å². The second kappa shape index (κ2) is 6.27. The Hall–Kier alpha value is -1.52. The van der Waals surface area contributed by atoms with Gasteiger partial charge < -0.3 is 15.3 Å². The molecule has 1 rings (SSSR count). The Labute approximate surface area is 101 Å². The van der Waals surface area contributed by atoms with E-state index in [0.29, 0.717) is 19.5 Å². The summed E-state index contributed by atoms with van der Waals surface area (Å²) < 4.78 is 0. The van der Waals surface area contributed by atoms with Gasteiger partial charge in [0, 0.05) is 13.1 Å². The quantitative estimate of drug-likeness (QED) is 0.577. The molecule has 2 amide bonds. The number of carboxylic acid groups (broad SMARTS) is 1. The lowest BCUT2D eigenvalue weighted by atomic mass is 9.91. The summed E-state index contributed by atoms with van der Waals surface area (Å²) in [6.07, 6.45) is 4.12. The molecule has 0 aromatic rings. The Morgan fingerprint density at radius 1 is 1.59 bits per heavy atom. The minimum absolute atomic E-state index is 0.00593. The molecular formula is C12H20N2O3.